The number of carbonyl (C=O) groups excluding carboxylic acids is 6. The third-order valence-electron chi connectivity index (χ3n) is 18.9. The Bertz CT molecular complexity index is 4180. The van der Waals surface area contributed by atoms with Crippen LogP contribution < -0.4 is 70.8 Å². The van der Waals surface area contributed by atoms with Crippen molar-refractivity contribution >= 4 is 81.2 Å². The van der Waals surface area contributed by atoms with Crippen LogP contribution in [0.25, 0.3) is 0 Å². The van der Waals surface area contributed by atoms with E-state index in [1.807, 2.05) is 0 Å². The van der Waals surface area contributed by atoms with E-state index in [0.29, 0.717) is 104 Å². The molecule has 0 aliphatic carbocycles. The van der Waals surface area contributed by atoms with Crippen molar-refractivity contribution in [3.05, 3.63) is 166 Å². The first-order valence-corrected chi connectivity index (χ1v) is 41.3. The van der Waals surface area contributed by atoms with Gasteiger partial charge in [0.1, 0.15) is 45.8 Å². The third-order valence-corrected chi connectivity index (χ3v) is 18.9. The summed E-state index contributed by atoms with van der Waals surface area (Å²) in [6.45, 7) is 17.1. The number of anilines is 7. The highest BCUT2D eigenvalue weighted by atomic mass is 16.5. The number of unbranched alkanes of at least 4 members (excludes halogenated alkanes) is 21. The lowest BCUT2D eigenvalue weighted by Crippen LogP contribution is -2.18. The Hall–Kier alpha value is -10.8. The number of carbonyl (C=O) groups is 7. The number of nitrogens with one attached hydrogen (secondary N) is 6. The molecule has 0 spiro atoms. The predicted octanol–water partition coefficient (Wildman–Crippen LogP) is 22.2. The molecule has 113 heavy (non-hydrogen) atoms. The van der Waals surface area contributed by atoms with E-state index in [1.54, 1.807) is 109 Å². The van der Waals surface area contributed by atoms with Crippen LogP contribution in [0.3, 0.4) is 0 Å². The summed E-state index contributed by atoms with van der Waals surface area (Å²) in [5.41, 5.74) is 9.92. The summed E-state index contributed by atoms with van der Waals surface area (Å²) in [7, 11) is 0. The van der Waals surface area contributed by atoms with Gasteiger partial charge in [-0.05, 0) is 130 Å². The minimum atomic E-state index is -1.15. The molecule has 22 heteroatoms. The number of nitrogens with two attached hydrogens (primary N) is 1. The topological polar surface area (TPSA) is 303 Å². The number of carboxylic acids is 1. The first-order valence-electron chi connectivity index (χ1n) is 41.3. The lowest BCUT2D eigenvalue weighted by molar-refractivity contribution is 0.0690. The molecule has 0 atom stereocenters. The van der Waals surface area contributed by atoms with Crippen LogP contribution in [0, 0.1) is 0 Å². The van der Waals surface area contributed by atoms with Gasteiger partial charge in [0.05, 0.1) is 79.6 Å². The van der Waals surface area contributed by atoms with Crippen LogP contribution in [-0.4, -0.2) is 92.8 Å². The summed E-state index contributed by atoms with van der Waals surface area (Å²) in [5, 5.41) is 27.7. The SMILES string of the molecule is CCCCCCOc1cc(NC(=O)c2ccc(NC(=O)c3ccc(NC(=O)c4ccc(NC(=O)c5ccc(NC(=O)c6ccc(NC(=O)c7ccc(N)cc7OCCCCCC)cc6OCCCCCC)cc5OCCCCCC)cc4OCCCCCC)cc3OCCCCCC)cc2OCCCCCC)ccc1C(=O)O. The zero-order valence-corrected chi connectivity index (χ0v) is 67.6. The molecule has 7 aromatic rings. The van der Waals surface area contributed by atoms with E-state index in [1.165, 1.54) is 18.2 Å². The minimum absolute atomic E-state index is 0.0208. The van der Waals surface area contributed by atoms with Crippen LogP contribution in [0.1, 0.15) is 301 Å². The van der Waals surface area contributed by atoms with E-state index in [2.05, 4.69) is 80.4 Å². The first kappa shape index (κ1) is 89.4. The molecule has 7 rings (SSSR count). The Morgan fingerprint density at radius 2 is 0.407 bits per heavy atom. The molecule has 0 radical (unpaired) electrons. The fourth-order valence-electron chi connectivity index (χ4n) is 12.4. The largest absolute Gasteiger partial charge is 0.493 e. The van der Waals surface area contributed by atoms with E-state index in [4.69, 9.17) is 38.9 Å². The molecule has 0 saturated carbocycles. The average Bonchev–Trinajstić information content (AvgIpc) is 0.808. The Labute approximate surface area is 668 Å². The standard InChI is InChI=1S/C91H121N7O15/c1-8-15-22-29-50-107-78-57-64(92)36-43-71(78)85(99)93-65-37-44-72(79(58-65)108-51-30-23-16-9-2)86(100)94-66-38-45-73(80(59-66)109-52-31-24-17-10-3)87(101)95-67-39-46-74(81(60-67)110-53-32-25-18-11-4)88(102)96-68-40-47-75(82(61-68)111-54-33-26-19-12-5)89(103)97-69-41-48-76(83(62-69)112-55-34-27-20-13-6)90(104)98-70-42-49-77(91(105)106)84(63-70)113-56-35-28-21-14-7/h36-49,57-63H,8-35,50-56,92H2,1-7H3,(H,93,99)(H,94,100)(H,95,101)(H,96,102)(H,97,103)(H,98,104)(H,105,106). The highest BCUT2D eigenvalue weighted by molar-refractivity contribution is 6.13. The summed E-state index contributed by atoms with van der Waals surface area (Å²) in [6, 6.07) is 33.4. The number of aromatic carboxylic acids is 1. The zero-order valence-electron chi connectivity index (χ0n) is 67.6. The maximum atomic E-state index is 14.6. The van der Waals surface area contributed by atoms with Crippen LogP contribution in [0.4, 0.5) is 39.8 Å². The van der Waals surface area contributed by atoms with Crippen molar-refractivity contribution in [3.8, 4) is 40.2 Å². The maximum absolute atomic E-state index is 14.6. The fraction of sp³-hybridized carbons (Fsp3) is 0.462. The molecule has 9 N–H and O–H groups in total. The summed E-state index contributed by atoms with van der Waals surface area (Å²) >= 11 is 0. The van der Waals surface area contributed by atoms with Crippen molar-refractivity contribution in [1.29, 1.82) is 0 Å². The van der Waals surface area contributed by atoms with Crippen LogP contribution in [0.5, 0.6) is 40.2 Å². The minimum Gasteiger partial charge on any atom is -0.493 e. The van der Waals surface area contributed by atoms with Crippen molar-refractivity contribution in [3.63, 3.8) is 0 Å². The van der Waals surface area contributed by atoms with Crippen LogP contribution in [0.2, 0.25) is 0 Å². The quantitative estimate of drug-likeness (QED) is 0.0130. The van der Waals surface area contributed by atoms with Gasteiger partial charge in [0.2, 0.25) is 0 Å². The highest BCUT2D eigenvalue weighted by Crippen LogP contribution is 2.35. The van der Waals surface area contributed by atoms with Gasteiger partial charge in [-0.15, -0.1) is 0 Å². The molecule has 7 aromatic carbocycles. The van der Waals surface area contributed by atoms with Crippen LogP contribution in [0.15, 0.2) is 127 Å². The van der Waals surface area contributed by atoms with Crippen molar-refractivity contribution in [2.75, 3.05) is 83.9 Å². The molecule has 0 unspecified atom stereocenters. The van der Waals surface area contributed by atoms with E-state index >= 15 is 0 Å². The summed E-state index contributed by atoms with van der Waals surface area (Å²) in [5.74, 6) is -2.47. The second-order valence-corrected chi connectivity index (χ2v) is 28.4. The molecule has 610 valence electrons. The third kappa shape index (κ3) is 30.3. The van der Waals surface area contributed by atoms with Gasteiger partial charge in [0.15, 0.2) is 0 Å². The van der Waals surface area contributed by atoms with E-state index < -0.39 is 41.4 Å². The molecule has 6 amide bonds. The molecule has 0 fully saturated rings. The smallest absolute Gasteiger partial charge is 0.339 e. The molecular formula is C91H121N7O15. The highest BCUT2D eigenvalue weighted by Gasteiger charge is 2.25. The molecule has 0 aliphatic heterocycles. The molecular weight excluding hydrogens is 1430 g/mol. The van der Waals surface area contributed by atoms with Crippen molar-refractivity contribution in [2.24, 2.45) is 0 Å². The number of benzene rings is 7. The number of rotatable bonds is 55. The van der Waals surface area contributed by atoms with Gasteiger partial charge in [-0.25, -0.2) is 4.79 Å². The Kier molecular flexibility index (Phi) is 39.8. The second kappa shape index (κ2) is 50.3. The van der Waals surface area contributed by atoms with Gasteiger partial charge in [0, 0.05) is 82.3 Å². The lowest BCUT2D eigenvalue weighted by atomic mass is 10.1. The van der Waals surface area contributed by atoms with Gasteiger partial charge in [0.25, 0.3) is 35.4 Å². The molecule has 0 aliphatic rings. The summed E-state index contributed by atoms with van der Waals surface area (Å²) < 4.78 is 43.7. The Balaban J connectivity index is 1.11. The zero-order chi connectivity index (χ0) is 81.0. The second-order valence-electron chi connectivity index (χ2n) is 28.4. The van der Waals surface area contributed by atoms with Crippen LogP contribution >= 0.6 is 0 Å². The first-order chi connectivity index (χ1) is 55.0. The molecule has 22 nitrogen and oxygen atoms in total. The lowest BCUT2D eigenvalue weighted by Gasteiger charge is -2.17. The van der Waals surface area contributed by atoms with Gasteiger partial charge < -0.3 is 75.9 Å². The maximum Gasteiger partial charge on any atom is 0.339 e. The van der Waals surface area contributed by atoms with E-state index in [-0.39, 0.29) is 74.5 Å². The van der Waals surface area contributed by atoms with Gasteiger partial charge in [-0.3, -0.25) is 28.8 Å². The van der Waals surface area contributed by atoms with Gasteiger partial charge in [-0.1, -0.05) is 183 Å². The molecule has 0 saturated heterocycles. The van der Waals surface area contributed by atoms with Gasteiger partial charge in [-0.2, -0.15) is 0 Å². The molecule has 0 heterocycles. The predicted molar refractivity (Wildman–Crippen MR) is 452 cm³/mol. The van der Waals surface area contributed by atoms with Crippen molar-refractivity contribution < 1.29 is 71.8 Å². The Morgan fingerprint density at radius 3 is 0.593 bits per heavy atom. The van der Waals surface area contributed by atoms with E-state index in [0.717, 1.165) is 167 Å². The summed E-state index contributed by atoms with van der Waals surface area (Å²) in [4.78, 5) is 98.3. The van der Waals surface area contributed by atoms with Crippen molar-refractivity contribution in [1.82, 2.24) is 0 Å². The number of nitrogen functional groups attached to an aromatic ring is 1. The van der Waals surface area contributed by atoms with Crippen molar-refractivity contribution in [2.45, 2.75) is 228 Å². The number of carboxylic acid groups (broad SMARTS) is 1. The molecule has 0 bridgehead atoms. The number of hydrogen-bond acceptors (Lipinski definition) is 15. The number of ether oxygens (including phenoxy) is 7. The van der Waals surface area contributed by atoms with Gasteiger partial charge >= 0.3 is 5.97 Å². The average molecular weight is 1550 g/mol. The Morgan fingerprint density at radius 1 is 0.239 bits per heavy atom. The van der Waals surface area contributed by atoms with Crippen LogP contribution in [-0.2, 0) is 0 Å². The van der Waals surface area contributed by atoms with E-state index in [9.17, 15) is 38.7 Å². The normalized spacial score (nSPS) is 10.9. The monoisotopic (exact) mass is 1550 g/mol. The summed E-state index contributed by atoms with van der Waals surface area (Å²) in [6.07, 6.45) is 26.1. The number of hydrogen-bond donors (Lipinski definition) is 8. The molecule has 0 aromatic heterocycles. The fourth-order valence-corrected chi connectivity index (χ4v) is 12.4. The number of amides is 6.